The fourth-order valence-corrected chi connectivity index (χ4v) is 6.88. The van der Waals surface area contributed by atoms with Gasteiger partial charge in [0.15, 0.2) is 0 Å². The number of carboxylic acids is 1. The third-order valence-corrected chi connectivity index (χ3v) is 8.03. The standard InChI is InChI=1S/C19H29NO2/c1-18-10-8-14-12(13(18)5-6-15(18)17(21)22)4-7-16-19(14,2)9-3-11-20-16/h3,9,12-16,20H,4-8,10-11H2,1-2H3,(H,21,22)/t12-,13-,14+,15?,16?,18-,19+/m0/s1. The van der Waals surface area contributed by atoms with E-state index in [0.29, 0.717) is 12.0 Å². The van der Waals surface area contributed by atoms with Gasteiger partial charge in [-0.2, -0.15) is 0 Å². The molecule has 1 aliphatic heterocycles. The van der Waals surface area contributed by atoms with Crippen LogP contribution in [0.1, 0.15) is 52.4 Å². The van der Waals surface area contributed by atoms with Crippen LogP contribution >= 0.6 is 0 Å². The minimum Gasteiger partial charge on any atom is -0.481 e. The summed E-state index contributed by atoms with van der Waals surface area (Å²) in [6, 6.07) is 0.625. The summed E-state index contributed by atoms with van der Waals surface area (Å²) in [5.41, 5.74) is 0.325. The van der Waals surface area contributed by atoms with Gasteiger partial charge in [-0.05, 0) is 61.7 Å². The second-order valence-electron chi connectivity index (χ2n) is 8.70. The lowest BCUT2D eigenvalue weighted by Crippen LogP contribution is -2.58. The summed E-state index contributed by atoms with van der Waals surface area (Å²) in [5, 5.41) is 13.3. The quantitative estimate of drug-likeness (QED) is 0.729. The molecule has 0 amide bonds. The van der Waals surface area contributed by atoms with E-state index in [1.165, 1.54) is 19.3 Å². The molecule has 3 nitrogen and oxygen atoms in total. The Morgan fingerprint density at radius 1 is 1.14 bits per heavy atom. The van der Waals surface area contributed by atoms with Gasteiger partial charge in [0.1, 0.15) is 0 Å². The highest BCUT2D eigenvalue weighted by Crippen LogP contribution is 2.64. The summed E-state index contributed by atoms with van der Waals surface area (Å²) in [4.78, 5) is 11.7. The molecule has 22 heavy (non-hydrogen) atoms. The summed E-state index contributed by atoms with van der Waals surface area (Å²) in [5.74, 6) is 1.43. The first-order valence-electron chi connectivity index (χ1n) is 9.11. The molecular formula is C19H29NO2. The topological polar surface area (TPSA) is 49.3 Å². The third kappa shape index (κ3) is 1.81. The molecule has 4 aliphatic rings. The van der Waals surface area contributed by atoms with Crippen LogP contribution in [0.3, 0.4) is 0 Å². The van der Waals surface area contributed by atoms with Crippen molar-refractivity contribution in [1.82, 2.24) is 5.32 Å². The molecule has 2 unspecified atom stereocenters. The molecule has 2 N–H and O–H groups in total. The zero-order chi connectivity index (χ0) is 15.5. The van der Waals surface area contributed by atoms with Crippen LogP contribution in [0.4, 0.5) is 0 Å². The number of nitrogens with one attached hydrogen (secondary N) is 1. The summed E-state index contributed by atoms with van der Waals surface area (Å²) >= 11 is 0. The van der Waals surface area contributed by atoms with Crippen LogP contribution in [0.25, 0.3) is 0 Å². The SMILES string of the molecule is C[C@]12C=CCNC1CC[C@@H]1[C@H]2CC[C@]2(C)C(C(=O)O)CC[C@@H]12. The summed E-state index contributed by atoms with van der Waals surface area (Å²) in [6.45, 7) is 5.74. The molecule has 3 saturated carbocycles. The maximum Gasteiger partial charge on any atom is 0.307 e. The second kappa shape index (κ2) is 4.83. The second-order valence-corrected chi connectivity index (χ2v) is 8.70. The molecule has 0 aromatic carbocycles. The molecule has 1 heterocycles. The van der Waals surface area contributed by atoms with Gasteiger partial charge >= 0.3 is 5.97 Å². The van der Waals surface area contributed by atoms with Gasteiger partial charge < -0.3 is 10.4 Å². The molecule has 0 aromatic rings. The molecular weight excluding hydrogens is 274 g/mol. The number of fused-ring (bicyclic) bond motifs is 5. The van der Waals surface area contributed by atoms with Crippen LogP contribution in [-0.2, 0) is 4.79 Å². The van der Waals surface area contributed by atoms with E-state index in [0.717, 1.165) is 37.6 Å². The molecule has 0 aromatic heterocycles. The van der Waals surface area contributed by atoms with Gasteiger partial charge in [-0.25, -0.2) is 0 Å². The van der Waals surface area contributed by atoms with Crippen molar-refractivity contribution in [3.8, 4) is 0 Å². The molecule has 0 bridgehead atoms. The van der Waals surface area contributed by atoms with E-state index in [-0.39, 0.29) is 16.7 Å². The first-order chi connectivity index (χ1) is 10.5. The monoisotopic (exact) mass is 303 g/mol. The van der Waals surface area contributed by atoms with Gasteiger partial charge in [0, 0.05) is 18.0 Å². The minimum absolute atomic E-state index is 0.0437. The minimum atomic E-state index is -0.553. The number of hydrogen-bond acceptors (Lipinski definition) is 2. The Hall–Kier alpha value is -0.830. The zero-order valence-electron chi connectivity index (χ0n) is 13.8. The maximum absolute atomic E-state index is 11.7. The van der Waals surface area contributed by atoms with Crippen molar-refractivity contribution in [2.45, 2.75) is 58.4 Å². The molecule has 7 atom stereocenters. The Morgan fingerprint density at radius 3 is 2.73 bits per heavy atom. The largest absolute Gasteiger partial charge is 0.481 e. The molecule has 3 aliphatic carbocycles. The van der Waals surface area contributed by atoms with Crippen molar-refractivity contribution in [3.05, 3.63) is 12.2 Å². The Morgan fingerprint density at radius 2 is 1.95 bits per heavy atom. The lowest BCUT2D eigenvalue weighted by Gasteiger charge is -2.58. The number of carboxylic acid groups (broad SMARTS) is 1. The van der Waals surface area contributed by atoms with Crippen LogP contribution in [0.15, 0.2) is 12.2 Å². The fraction of sp³-hybridized carbons (Fsp3) is 0.842. The van der Waals surface area contributed by atoms with Gasteiger partial charge in [0.05, 0.1) is 5.92 Å². The van der Waals surface area contributed by atoms with Crippen molar-refractivity contribution >= 4 is 5.97 Å². The van der Waals surface area contributed by atoms with Crippen LogP contribution in [-0.4, -0.2) is 23.7 Å². The number of rotatable bonds is 1. The highest BCUT2D eigenvalue weighted by molar-refractivity contribution is 5.71. The lowest BCUT2D eigenvalue weighted by atomic mass is 9.48. The molecule has 4 rings (SSSR count). The molecule has 0 saturated heterocycles. The Labute approximate surface area is 133 Å². The summed E-state index contributed by atoms with van der Waals surface area (Å²) < 4.78 is 0. The van der Waals surface area contributed by atoms with E-state index in [9.17, 15) is 9.90 Å². The van der Waals surface area contributed by atoms with Gasteiger partial charge in [-0.1, -0.05) is 26.0 Å². The van der Waals surface area contributed by atoms with Gasteiger partial charge in [0.2, 0.25) is 0 Å². The average Bonchev–Trinajstić information content (AvgIpc) is 2.84. The summed E-state index contributed by atoms with van der Waals surface area (Å²) in [7, 11) is 0. The van der Waals surface area contributed by atoms with Crippen molar-refractivity contribution in [2.24, 2.45) is 34.5 Å². The summed E-state index contributed by atoms with van der Waals surface area (Å²) in [6.07, 6.45) is 11.7. The van der Waals surface area contributed by atoms with Crippen LogP contribution in [0.5, 0.6) is 0 Å². The van der Waals surface area contributed by atoms with Crippen molar-refractivity contribution in [2.75, 3.05) is 6.54 Å². The third-order valence-electron chi connectivity index (χ3n) is 8.03. The Balaban J connectivity index is 1.66. The van der Waals surface area contributed by atoms with Gasteiger partial charge in [0.25, 0.3) is 0 Å². The number of carbonyl (C=O) groups is 1. The molecule has 0 spiro atoms. The fourth-order valence-electron chi connectivity index (χ4n) is 6.88. The maximum atomic E-state index is 11.7. The normalized spacial score (nSPS) is 53.5. The predicted molar refractivity (Wildman–Crippen MR) is 86.4 cm³/mol. The molecule has 3 heteroatoms. The number of hydrogen-bond donors (Lipinski definition) is 2. The lowest BCUT2D eigenvalue weighted by molar-refractivity contribution is -0.149. The first-order valence-corrected chi connectivity index (χ1v) is 9.11. The molecule has 0 radical (unpaired) electrons. The molecule has 3 fully saturated rings. The van der Waals surface area contributed by atoms with Crippen LogP contribution < -0.4 is 5.32 Å². The Bertz CT molecular complexity index is 516. The highest BCUT2D eigenvalue weighted by atomic mass is 16.4. The van der Waals surface area contributed by atoms with Crippen LogP contribution in [0, 0.1) is 34.5 Å². The predicted octanol–water partition coefficient (Wildman–Crippen LogP) is 3.46. The van der Waals surface area contributed by atoms with E-state index in [2.05, 4.69) is 31.3 Å². The van der Waals surface area contributed by atoms with Crippen LogP contribution in [0.2, 0.25) is 0 Å². The van der Waals surface area contributed by atoms with E-state index in [1.807, 2.05) is 0 Å². The highest BCUT2D eigenvalue weighted by Gasteiger charge is 2.60. The van der Waals surface area contributed by atoms with Gasteiger partial charge in [-0.15, -0.1) is 0 Å². The van der Waals surface area contributed by atoms with Crippen molar-refractivity contribution < 1.29 is 9.90 Å². The molecule has 122 valence electrons. The van der Waals surface area contributed by atoms with Crippen molar-refractivity contribution in [3.63, 3.8) is 0 Å². The van der Waals surface area contributed by atoms with Crippen molar-refractivity contribution in [1.29, 1.82) is 0 Å². The Kier molecular flexibility index (Phi) is 3.24. The smallest absolute Gasteiger partial charge is 0.307 e. The van der Waals surface area contributed by atoms with Gasteiger partial charge in [-0.3, -0.25) is 4.79 Å². The zero-order valence-corrected chi connectivity index (χ0v) is 13.8. The number of aliphatic carboxylic acids is 1. The first kappa shape index (κ1) is 14.7. The van der Waals surface area contributed by atoms with E-state index in [1.54, 1.807) is 0 Å². The van der Waals surface area contributed by atoms with E-state index >= 15 is 0 Å². The van der Waals surface area contributed by atoms with E-state index < -0.39 is 5.97 Å². The average molecular weight is 303 g/mol. The van der Waals surface area contributed by atoms with E-state index in [4.69, 9.17) is 0 Å².